The number of pyridine rings is 1. The zero-order chi connectivity index (χ0) is 26.2. The van der Waals surface area contributed by atoms with Gasteiger partial charge in [0.25, 0.3) is 0 Å². The number of ether oxygens (including phenoxy) is 4. The van der Waals surface area contributed by atoms with Crippen molar-refractivity contribution in [1.29, 1.82) is 0 Å². The maximum atomic E-state index is 12.5. The van der Waals surface area contributed by atoms with Gasteiger partial charge in [0, 0.05) is 50.6 Å². The second-order valence-corrected chi connectivity index (χ2v) is 9.20. The molecule has 3 aromatic rings. The third-order valence-corrected chi connectivity index (χ3v) is 6.24. The summed E-state index contributed by atoms with van der Waals surface area (Å²) in [5, 5.41) is 0. The van der Waals surface area contributed by atoms with E-state index in [-0.39, 0.29) is 12.1 Å². The molecule has 0 saturated carbocycles. The predicted molar refractivity (Wildman–Crippen MR) is 143 cm³/mol. The molecule has 0 amide bonds. The highest BCUT2D eigenvalue weighted by Gasteiger charge is 2.23. The molecular formula is C29H35N3O5. The normalized spacial score (nSPS) is 13.9. The molecule has 8 nitrogen and oxygen atoms in total. The van der Waals surface area contributed by atoms with Gasteiger partial charge in [-0.25, -0.2) is 9.78 Å². The molecule has 196 valence electrons. The molecule has 0 aliphatic carbocycles. The van der Waals surface area contributed by atoms with Crippen LogP contribution in [0.5, 0.6) is 17.2 Å². The molecule has 2 aromatic carbocycles. The van der Waals surface area contributed by atoms with Crippen molar-refractivity contribution in [3.05, 3.63) is 77.5 Å². The van der Waals surface area contributed by atoms with Crippen LogP contribution in [0.3, 0.4) is 0 Å². The minimum Gasteiger partial charge on any atom is -0.497 e. The summed E-state index contributed by atoms with van der Waals surface area (Å²) < 4.78 is 22.1. The van der Waals surface area contributed by atoms with E-state index in [1.54, 1.807) is 32.5 Å². The highest BCUT2D eigenvalue weighted by Crippen LogP contribution is 2.26. The molecule has 0 bridgehead atoms. The van der Waals surface area contributed by atoms with Crippen molar-refractivity contribution in [2.75, 3.05) is 45.3 Å². The Kier molecular flexibility index (Phi) is 8.85. The van der Waals surface area contributed by atoms with Crippen molar-refractivity contribution in [2.24, 2.45) is 0 Å². The van der Waals surface area contributed by atoms with Crippen LogP contribution in [0.4, 0.5) is 5.82 Å². The summed E-state index contributed by atoms with van der Waals surface area (Å²) in [5.74, 6) is 2.67. The van der Waals surface area contributed by atoms with E-state index < -0.39 is 0 Å². The van der Waals surface area contributed by atoms with Gasteiger partial charge in [0.05, 0.1) is 20.3 Å². The number of methoxy groups -OCH3 is 2. The molecule has 1 aromatic heterocycles. The van der Waals surface area contributed by atoms with Crippen molar-refractivity contribution in [2.45, 2.75) is 33.1 Å². The van der Waals surface area contributed by atoms with Gasteiger partial charge >= 0.3 is 5.97 Å². The molecule has 1 aliphatic heterocycles. The Morgan fingerprint density at radius 3 is 2.35 bits per heavy atom. The van der Waals surface area contributed by atoms with Crippen molar-refractivity contribution in [1.82, 2.24) is 9.88 Å². The molecular weight excluding hydrogens is 470 g/mol. The third kappa shape index (κ3) is 6.92. The Bertz CT molecular complexity index is 1170. The number of benzene rings is 2. The van der Waals surface area contributed by atoms with Crippen LogP contribution in [0.2, 0.25) is 0 Å². The van der Waals surface area contributed by atoms with E-state index in [0.717, 1.165) is 55.5 Å². The lowest BCUT2D eigenvalue weighted by Gasteiger charge is -2.36. The second kappa shape index (κ2) is 12.5. The minimum atomic E-state index is -0.326. The fraction of sp³-hybridized carbons (Fsp3) is 0.379. The topological polar surface area (TPSA) is 73.4 Å². The smallest absolute Gasteiger partial charge is 0.342 e. The summed E-state index contributed by atoms with van der Waals surface area (Å²) in [6, 6.07) is 17.5. The van der Waals surface area contributed by atoms with Gasteiger partial charge in [0.2, 0.25) is 0 Å². The third-order valence-electron chi connectivity index (χ3n) is 6.24. The molecule has 0 atom stereocenters. The van der Waals surface area contributed by atoms with Crippen molar-refractivity contribution in [3.63, 3.8) is 0 Å². The molecule has 4 rings (SSSR count). The van der Waals surface area contributed by atoms with Crippen molar-refractivity contribution in [3.8, 4) is 17.2 Å². The molecule has 1 fully saturated rings. The molecule has 0 radical (unpaired) electrons. The van der Waals surface area contributed by atoms with E-state index in [9.17, 15) is 4.79 Å². The maximum Gasteiger partial charge on any atom is 0.342 e. The molecule has 37 heavy (non-hydrogen) atoms. The molecule has 0 spiro atoms. The quantitative estimate of drug-likeness (QED) is 0.371. The largest absolute Gasteiger partial charge is 0.497 e. The molecule has 2 heterocycles. The molecule has 1 saturated heterocycles. The minimum absolute atomic E-state index is 0.167. The Balaban J connectivity index is 1.29. The zero-order valence-electron chi connectivity index (χ0n) is 22.0. The van der Waals surface area contributed by atoms with Crippen LogP contribution in [-0.4, -0.2) is 62.4 Å². The second-order valence-electron chi connectivity index (χ2n) is 9.20. The number of anilines is 1. The SMILES string of the molecule is COc1ccc(COc2ccc(CN3CCN(c4ncccc4C(=O)OC(C)C)CC3)cc2)c(OC)c1. The van der Waals surface area contributed by atoms with Crippen LogP contribution in [0.15, 0.2) is 60.8 Å². The van der Waals surface area contributed by atoms with Gasteiger partial charge in [0.1, 0.15) is 35.2 Å². The molecule has 0 N–H and O–H groups in total. The van der Waals surface area contributed by atoms with Crippen LogP contribution < -0.4 is 19.1 Å². The number of carbonyl (C=O) groups excluding carboxylic acids is 1. The first-order chi connectivity index (χ1) is 18.0. The first kappa shape index (κ1) is 26.3. The van der Waals surface area contributed by atoms with E-state index in [0.29, 0.717) is 18.0 Å². The number of aromatic nitrogens is 1. The van der Waals surface area contributed by atoms with Gasteiger partial charge in [-0.3, -0.25) is 4.90 Å². The summed E-state index contributed by atoms with van der Waals surface area (Å²) >= 11 is 0. The number of nitrogens with zero attached hydrogens (tertiary/aromatic N) is 3. The first-order valence-corrected chi connectivity index (χ1v) is 12.5. The summed E-state index contributed by atoms with van der Waals surface area (Å²) in [4.78, 5) is 21.6. The lowest BCUT2D eigenvalue weighted by atomic mass is 10.1. The van der Waals surface area contributed by atoms with E-state index in [1.807, 2.05) is 44.2 Å². The fourth-order valence-electron chi connectivity index (χ4n) is 4.29. The number of esters is 1. The fourth-order valence-corrected chi connectivity index (χ4v) is 4.29. The van der Waals surface area contributed by atoms with E-state index in [2.05, 4.69) is 26.9 Å². The van der Waals surface area contributed by atoms with Crippen molar-refractivity contribution >= 4 is 11.8 Å². The van der Waals surface area contributed by atoms with Gasteiger partial charge < -0.3 is 23.8 Å². The van der Waals surface area contributed by atoms with Gasteiger partial charge in [-0.05, 0) is 55.8 Å². The summed E-state index contributed by atoms with van der Waals surface area (Å²) in [7, 11) is 3.28. The van der Waals surface area contributed by atoms with Crippen LogP contribution in [0.25, 0.3) is 0 Å². The van der Waals surface area contributed by atoms with Gasteiger partial charge in [-0.15, -0.1) is 0 Å². The predicted octanol–water partition coefficient (Wildman–Crippen LogP) is 4.57. The number of rotatable bonds is 10. The Hall–Kier alpha value is -3.78. The van der Waals surface area contributed by atoms with Crippen LogP contribution in [-0.2, 0) is 17.9 Å². The average molecular weight is 506 g/mol. The Morgan fingerprint density at radius 1 is 0.946 bits per heavy atom. The molecule has 1 aliphatic rings. The number of piperazine rings is 1. The number of hydrogen-bond acceptors (Lipinski definition) is 8. The summed E-state index contributed by atoms with van der Waals surface area (Å²) in [6.07, 6.45) is 1.56. The number of hydrogen-bond donors (Lipinski definition) is 0. The highest BCUT2D eigenvalue weighted by molar-refractivity contribution is 5.94. The van der Waals surface area contributed by atoms with E-state index in [4.69, 9.17) is 18.9 Å². The molecule has 0 unspecified atom stereocenters. The lowest BCUT2D eigenvalue weighted by Crippen LogP contribution is -2.46. The summed E-state index contributed by atoms with van der Waals surface area (Å²) in [6.45, 7) is 8.32. The van der Waals surface area contributed by atoms with Crippen LogP contribution >= 0.6 is 0 Å². The average Bonchev–Trinajstić information content (AvgIpc) is 2.92. The monoisotopic (exact) mass is 505 g/mol. The Morgan fingerprint density at radius 2 is 1.68 bits per heavy atom. The first-order valence-electron chi connectivity index (χ1n) is 12.5. The molecule has 8 heteroatoms. The van der Waals surface area contributed by atoms with E-state index >= 15 is 0 Å². The zero-order valence-corrected chi connectivity index (χ0v) is 22.0. The van der Waals surface area contributed by atoms with Crippen LogP contribution in [0.1, 0.15) is 35.3 Å². The lowest BCUT2D eigenvalue weighted by molar-refractivity contribution is 0.0378. The maximum absolute atomic E-state index is 12.5. The standard InChI is InChI=1S/C29H35N3O5/c1-21(2)37-29(33)26-6-5-13-30-28(26)32-16-14-31(15-17-32)19-22-7-10-24(11-8-22)36-20-23-9-12-25(34-3)18-27(23)35-4/h5-13,18,21H,14-17,19-20H2,1-4H3. The van der Waals surface area contributed by atoms with Crippen LogP contribution in [0, 0.1) is 0 Å². The van der Waals surface area contributed by atoms with Crippen molar-refractivity contribution < 1.29 is 23.7 Å². The van der Waals surface area contributed by atoms with E-state index in [1.165, 1.54) is 5.56 Å². The summed E-state index contributed by atoms with van der Waals surface area (Å²) in [5.41, 5.74) is 2.70. The Labute approximate surface area is 218 Å². The van der Waals surface area contributed by atoms with Gasteiger partial charge in [0.15, 0.2) is 0 Å². The highest BCUT2D eigenvalue weighted by atomic mass is 16.5. The number of carbonyl (C=O) groups is 1. The van der Waals surface area contributed by atoms with Gasteiger partial charge in [-0.2, -0.15) is 0 Å². The van der Waals surface area contributed by atoms with Gasteiger partial charge in [-0.1, -0.05) is 12.1 Å².